The monoisotopic (exact) mass is 212 g/mol. The lowest BCUT2D eigenvalue weighted by Crippen LogP contribution is -2.36. The third-order valence-corrected chi connectivity index (χ3v) is 3.78. The van der Waals surface area contributed by atoms with Gasteiger partial charge in [-0.05, 0) is 25.7 Å². The highest BCUT2D eigenvalue weighted by Crippen LogP contribution is 2.36. The number of unbranched alkanes of at least 4 members (excludes halogenated alkanes) is 7. The summed E-state index contributed by atoms with van der Waals surface area (Å²) in [7, 11) is 0. The van der Waals surface area contributed by atoms with Gasteiger partial charge in [0.25, 0.3) is 0 Å². The van der Waals surface area contributed by atoms with E-state index in [1.807, 2.05) is 0 Å². The smallest absolute Gasteiger partial charge is 0.0647 e. The van der Waals surface area contributed by atoms with E-state index < -0.39 is 0 Å². The highest BCUT2D eigenvalue weighted by atomic mass is 16.3. The van der Waals surface area contributed by atoms with Crippen LogP contribution in [0.2, 0.25) is 0 Å². The Morgan fingerprint density at radius 3 is 1.87 bits per heavy atom. The average molecular weight is 212 g/mol. The van der Waals surface area contributed by atoms with Crippen molar-refractivity contribution in [3.05, 3.63) is 0 Å². The van der Waals surface area contributed by atoms with Gasteiger partial charge in [-0.1, -0.05) is 58.3 Å². The van der Waals surface area contributed by atoms with Gasteiger partial charge < -0.3 is 5.11 Å². The molecule has 1 saturated carbocycles. The molecule has 0 aromatic heterocycles. The summed E-state index contributed by atoms with van der Waals surface area (Å²) in [6.07, 6.45) is 15.3. The molecule has 0 aromatic rings. The summed E-state index contributed by atoms with van der Waals surface area (Å²) in [5.41, 5.74) is -0.234. The lowest BCUT2D eigenvalue weighted by Gasteiger charge is -2.36. The second-order valence-electron chi connectivity index (χ2n) is 5.30. The van der Waals surface area contributed by atoms with E-state index >= 15 is 0 Å². The Bertz CT molecular complexity index is 149. The Kier molecular flexibility index (Phi) is 6.31. The van der Waals surface area contributed by atoms with Crippen molar-refractivity contribution >= 4 is 0 Å². The van der Waals surface area contributed by atoms with Crippen LogP contribution in [0.3, 0.4) is 0 Å². The van der Waals surface area contributed by atoms with Crippen LogP contribution in [0.15, 0.2) is 0 Å². The molecule has 0 spiro atoms. The van der Waals surface area contributed by atoms with Crippen molar-refractivity contribution in [2.45, 2.75) is 89.6 Å². The summed E-state index contributed by atoms with van der Waals surface area (Å²) in [6.45, 7) is 2.26. The van der Waals surface area contributed by atoms with Crippen molar-refractivity contribution < 1.29 is 5.11 Å². The predicted octanol–water partition coefficient (Wildman–Crippen LogP) is 4.43. The van der Waals surface area contributed by atoms with Crippen molar-refractivity contribution in [1.29, 1.82) is 0 Å². The van der Waals surface area contributed by atoms with E-state index in [1.165, 1.54) is 57.8 Å². The molecule has 0 aliphatic heterocycles. The molecule has 0 heterocycles. The van der Waals surface area contributed by atoms with Crippen LogP contribution in [0.4, 0.5) is 0 Å². The summed E-state index contributed by atoms with van der Waals surface area (Å²) in [4.78, 5) is 0. The van der Waals surface area contributed by atoms with Gasteiger partial charge in [0.05, 0.1) is 5.60 Å². The van der Waals surface area contributed by atoms with Crippen LogP contribution < -0.4 is 0 Å². The third kappa shape index (κ3) is 5.55. The largest absolute Gasteiger partial charge is 0.390 e. The molecule has 0 bridgehead atoms. The van der Waals surface area contributed by atoms with Crippen LogP contribution in [-0.4, -0.2) is 10.7 Å². The van der Waals surface area contributed by atoms with E-state index in [2.05, 4.69) is 6.92 Å². The summed E-state index contributed by atoms with van der Waals surface area (Å²) in [5.74, 6) is 0. The topological polar surface area (TPSA) is 20.2 Å². The third-order valence-electron chi connectivity index (χ3n) is 3.78. The fourth-order valence-corrected chi connectivity index (χ4v) is 2.42. The highest BCUT2D eigenvalue weighted by Gasteiger charge is 2.33. The van der Waals surface area contributed by atoms with Crippen molar-refractivity contribution in [2.75, 3.05) is 0 Å². The van der Waals surface area contributed by atoms with Gasteiger partial charge in [-0.2, -0.15) is 0 Å². The summed E-state index contributed by atoms with van der Waals surface area (Å²) < 4.78 is 0. The van der Waals surface area contributed by atoms with Gasteiger partial charge in [-0.15, -0.1) is 0 Å². The van der Waals surface area contributed by atoms with Gasteiger partial charge in [0.1, 0.15) is 0 Å². The van der Waals surface area contributed by atoms with Gasteiger partial charge in [-0.25, -0.2) is 0 Å². The van der Waals surface area contributed by atoms with Gasteiger partial charge in [0, 0.05) is 0 Å². The second kappa shape index (κ2) is 7.27. The van der Waals surface area contributed by atoms with E-state index in [-0.39, 0.29) is 5.60 Å². The quantitative estimate of drug-likeness (QED) is 0.560. The highest BCUT2D eigenvalue weighted by molar-refractivity contribution is 4.86. The molecule has 15 heavy (non-hydrogen) atoms. The fraction of sp³-hybridized carbons (Fsp3) is 1.00. The fourth-order valence-electron chi connectivity index (χ4n) is 2.42. The van der Waals surface area contributed by atoms with Crippen molar-refractivity contribution in [3.63, 3.8) is 0 Å². The van der Waals surface area contributed by atoms with Crippen LogP contribution in [0, 0.1) is 0 Å². The predicted molar refractivity (Wildman–Crippen MR) is 66.0 cm³/mol. The first-order valence-corrected chi connectivity index (χ1v) is 6.99. The molecule has 0 saturated heterocycles. The van der Waals surface area contributed by atoms with Crippen LogP contribution in [0.1, 0.15) is 84.0 Å². The number of hydrogen-bond donors (Lipinski definition) is 1. The molecule has 0 atom stereocenters. The second-order valence-corrected chi connectivity index (χ2v) is 5.30. The minimum absolute atomic E-state index is 0.234. The zero-order valence-corrected chi connectivity index (χ0v) is 10.4. The minimum Gasteiger partial charge on any atom is -0.390 e. The van der Waals surface area contributed by atoms with Gasteiger partial charge in [-0.3, -0.25) is 0 Å². The summed E-state index contributed by atoms with van der Waals surface area (Å²) >= 11 is 0. The van der Waals surface area contributed by atoms with Crippen molar-refractivity contribution in [2.24, 2.45) is 0 Å². The van der Waals surface area contributed by atoms with E-state index in [0.717, 1.165) is 19.3 Å². The maximum absolute atomic E-state index is 9.88. The average Bonchev–Trinajstić information content (AvgIpc) is 2.19. The van der Waals surface area contributed by atoms with Crippen LogP contribution >= 0.6 is 0 Å². The van der Waals surface area contributed by atoms with Crippen LogP contribution in [0.25, 0.3) is 0 Å². The van der Waals surface area contributed by atoms with E-state index in [0.29, 0.717) is 0 Å². The van der Waals surface area contributed by atoms with Gasteiger partial charge in [0.15, 0.2) is 0 Å². The van der Waals surface area contributed by atoms with Crippen LogP contribution in [-0.2, 0) is 0 Å². The molecular weight excluding hydrogens is 184 g/mol. The van der Waals surface area contributed by atoms with E-state index in [9.17, 15) is 5.11 Å². The Hall–Kier alpha value is -0.0400. The molecule has 1 aliphatic rings. The number of rotatable bonds is 9. The Morgan fingerprint density at radius 1 is 0.867 bits per heavy atom. The zero-order valence-electron chi connectivity index (χ0n) is 10.4. The molecule has 1 rings (SSSR count). The lowest BCUT2D eigenvalue weighted by atomic mass is 9.77. The first kappa shape index (κ1) is 13.0. The summed E-state index contributed by atoms with van der Waals surface area (Å²) in [5, 5.41) is 9.88. The maximum atomic E-state index is 9.88. The van der Waals surface area contributed by atoms with Gasteiger partial charge in [0.2, 0.25) is 0 Å². The lowest BCUT2D eigenvalue weighted by molar-refractivity contribution is -0.0419. The molecule has 0 unspecified atom stereocenters. The Balaban J connectivity index is 1.77. The molecule has 1 heteroatoms. The normalized spacial score (nSPS) is 18.8. The number of hydrogen-bond acceptors (Lipinski definition) is 1. The summed E-state index contributed by atoms with van der Waals surface area (Å²) in [6, 6.07) is 0. The van der Waals surface area contributed by atoms with E-state index in [4.69, 9.17) is 0 Å². The first-order chi connectivity index (χ1) is 7.27. The molecular formula is C14H28O. The molecule has 1 fully saturated rings. The SMILES string of the molecule is CCCCCCCCCCC1(O)CCC1. The van der Waals surface area contributed by atoms with Crippen molar-refractivity contribution in [3.8, 4) is 0 Å². The molecule has 0 amide bonds. The minimum atomic E-state index is -0.234. The molecule has 0 aromatic carbocycles. The Morgan fingerprint density at radius 2 is 1.40 bits per heavy atom. The molecule has 1 nitrogen and oxygen atoms in total. The molecule has 90 valence electrons. The molecule has 0 radical (unpaired) electrons. The Labute approximate surface area is 95.3 Å². The van der Waals surface area contributed by atoms with Gasteiger partial charge >= 0.3 is 0 Å². The molecule has 1 N–H and O–H groups in total. The van der Waals surface area contributed by atoms with Crippen LogP contribution in [0.5, 0.6) is 0 Å². The maximum Gasteiger partial charge on any atom is 0.0647 e. The first-order valence-electron chi connectivity index (χ1n) is 6.99. The van der Waals surface area contributed by atoms with Crippen molar-refractivity contribution in [1.82, 2.24) is 0 Å². The molecule has 1 aliphatic carbocycles. The standard InChI is InChI=1S/C14H28O/c1-2-3-4-5-6-7-8-9-11-14(15)12-10-13-14/h15H,2-13H2,1H3. The van der Waals surface area contributed by atoms with E-state index in [1.54, 1.807) is 0 Å². The zero-order chi connectivity index (χ0) is 11.0. The number of aliphatic hydroxyl groups is 1.